The summed E-state index contributed by atoms with van der Waals surface area (Å²) < 4.78 is 1.89. The zero-order valence-corrected chi connectivity index (χ0v) is 14.1. The van der Waals surface area contributed by atoms with Crippen molar-refractivity contribution >= 4 is 27.9 Å². The van der Waals surface area contributed by atoms with Crippen molar-refractivity contribution in [1.82, 2.24) is 19.7 Å². The van der Waals surface area contributed by atoms with Crippen LogP contribution in [0.25, 0.3) is 27.9 Å². The summed E-state index contributed by atoms with van der Waals surface area (Å²) in [6, 6.07) is 16.2. The first-order chi connectivity index (χ1) is 11.7. The lowest BCUT2D eigenvalue weighted by Crippen LogP contribution is -2.08. The number of anilines is 1. The maximum absolute atomic E-state index is 4.88. The molecule has 0 radical (unpaired) electrons. The van der Waals surface area contributed by atoms with Crippen LogP contribution in [0.15, 0.2) is 48.5 Å². The SMILES string of the molecule is CCc1nn(-c2ccccc2)c2nc3cc(N(C)C)ccc3nc12. The highest BCUT2D eigenvalue weighted by molar-refractivity contribution is 5.88. The Kier molecular flexibility index (Phi) is 3.41. The Morgan fingerprint density at radius 3 is 2.46 bits per heavy atom. The predicted molar refractivity (Wildman–Crippen MR) is 97.9 cm³/mol. The molecule has 0 aliphatic heterocycles. The van der Waals surface area contributed by atoms with Crippen LogP contribution < -0.4 is 4.90 Å². The molecule has 0 unspecified atom stereocenters. The van der Waals surface area contributed by atoms with Gasteiger partial charge in [0.15, 0.2) is 5.65 Å². The number of nitrogens with zero attached hydrogens (tertiary/aromatic N) is 5. The maximum atomic E-state index is 4.88. The van der Waals surface area contributed by atoms with Crippen LogP contribution in [0.2, 0.25) is 0 Å². The Balaban J connectivity index is 2.03. The summed E-state index contributed by atoms with van der Waals surface area (Å²) in [5.74, 6) is 0. The van der Waals surface area contributed by atoms with Crippen molar-refractivity contribution in [2.24, 2.45) is 0 Å². The highest BCUT2D eigenvalue weighted by Gasteiger charge is 2.15. The zero-order chi connectivity index (χ0) is 16.7. The van der Waals surface area contributed by atoms with E-state index < -0.39 is 0 Å². The van der Waals surface area contributed by atoms with E-state index in [1.165, 1.54) is 0 Å². The number of para-hydroxylation sites is 1. The summed E-state index contributed by atoms with van der Waals surface area (Å²) in [6.45, 7) is 2.10. The Labute approximate surface area is 140 Å². The van der Waals surface area contributed by atoms with Gasteiger partial charge in [-0.05, 0) is 36.8 Å². The number of aromatic nitrogens is 4. The molecule has 2 aromatic heterocycles. The fourth-order valence-corrected chi connectivity index (χ4v) is 2.86. The van der Waals surface area contributed by atoms with E-state index in [-0.39, 0.29) is 0 Å². The van der Waals surface area contributed by atoms with E-state index in [1.807, 2.05) is 55.2 Å². The molecule has 0 N–H and O–H groups in total. The molecular formula is C19H19N5. The molecule has 120 valence electrons. The second kappa shape index (κ2) is 5.60. The molecule has 5 heteroatoms. The van der Waals surface area contributed by atoms with E-state index >= 15 is 0 Å². The van der Waals surface area contributed by atoms with E-state index in [2.05, 4.69) is 24.0 Å². The summed E-state index contributed by atoms with van der Waals surface area (Å²) in [6.07, 6.45) is 0.826. The van der Waals surface area contributed by atoms with E-state index in [4.69, 9.17) is 15.1 Å². The van der Waals surface area contributed by atoms with Crippen LogP contribution in [0.1, 0.15) is 12.6 Å². The van der Waals surface area contributed by atoms with E-state index in [0.29, 0.717) is 0 Å². The highest BCUT2D eigenvalue weighted by atomic mass is 15.3. The summed E-state index contributed by atoms with van der Waals surface area (Å²) in [5.41, 5.74) is 6.55. The Hall–Kier alpha value is -2.95. The summed E-state index contributed by atoms with van der Waals surface area (Å²) in [4.78, 5) is 11.8. The smallest absolute Gasteiger partial charge is 0.182 e. The average Bonchev–Trinajstić information content (AvgIpc) is 2.97. The molecule has 4 aromatic rings. The first-order valence-corrected chi connectivity index (χ1v) is 8.09. The highest BCUT2D eigenvalue weighted by Crippen LogP contribution is 2.24. The van der Waals surface area contributed by atoms with Crippen LogP contribution in [0, 0.1) is 0 Å². The lowest BCUT2D eigenvalue weighted by molar-refractivity contribution is 0.855. The molecular weight excluding hydrogens is 298 g/mol. The van der Waals surface area contributed by atoms with Gasteiger partial charge in [-0.3, -0.25) is 0 Å². The third-order valence-electron chi connectivity index (χ3n) is 4.18. The number of hydrogen-bond donors (Lipinski definition) is 0. The minimum Gasteiger partial charge on any atom is -0.378 e. The maximum Gasteiger partial charge on any atom is 0.182 e. The largest absolute Gasteiger partial charge is 0.378 e. The molecule has 5 nitrogen and oxygen atoms in total. The Morgan fingerprint density at radius 2 is 1.75 bits per heavy atom. The molecule has 0 spiro atoms. The van der Waals surface area contributed by atoms with Gasteiger partial charge in [0.05, 0.1) is 22.4 Å². The fraction of sp³-hybridized carbons (Fsp3) is 0.211. The third-order valence-corrected chi connectivity index (χ3v) is 4.18. The standard InChI is InChI=1S/C19H19N5/c1-4-15-18-19(24(22-15)13-8-6-5-7-9-13)21-17-12-14(23(2)3)10-11-16(17)20-18/h5-12H,4H2,1-3H3. The minimum absolute atomic E-state index is 0.807. The Bertz CT molecular complexity index is 1020. The quantitative estimate of drug-likeness (QED) is 0.579. The van der Waals surface area contributed by atoms with Gasteiger partial charge in [0.25, 0.3) is 0 Å². The van der Waals surface area contributed by atoms with Crippen LogP contribution in [0.4, 0.5) is 5.69 Å². The summed E-state index contributed by atoms with van der Waals surface area (Å²) in [7, 11) is 4.05. The predicted octanol–water partition coefficient (Wildman–Crippen LogP) is 3.60. The van der Waals surface area contributed by atoms with Crippen molar-refractivity contribution in [3.8, 4) is 5.69 Å². The molecule has 0 atom stereocenters. The van der Waals surface area contributed by atoms with Gasteiger partial charge in [0.2, 0.25) is 0 Å². The van der Waals surface area contributed by atoms with Gasteiger partial charge in [0.1, 0.15) is 5.52 Å². The first-order valence-electron chi connectivity index (χ1n) is 8.09. The van der Waals surface area contributed by atoms with E-state index in [1.54, 1.807) is 0 Å². The first kappa shape index (κ1) is 14.6. The van der Waals surface area contributed by atoms with Crippen molar-refractivity contribution in [3.63, 3.8) is 0 Å². The monoisotopic (exact) mass is 317 g/mol. The van der Waals surface area contributed by atoms with Crippen LogP contribution in [-0.4, -0.2) is 33.8 Å². The number of aryl methyl sites for hydroxylation is 1. The van der Waals surface area contributed by atoms with Gasteiger partial charge in [-0.2, -0.15) is 5.10 Å². The molecule has 0 aliphatic carbocycles. The lowest BCUT2D eigenvalue weighted by atomic mass is 10.2. The second-order valence-electron chi connectivity index (χ2n) is 6.01. The zero-order valence-electron chi connectivity index (χ0n) is 14.1. The van der Waals surface area contributed by atoms with Crippen LogP contribution in [0.5, 0.6) is 0 Å². The van der Waals surface area contributed by atoms with Gasteiger partial charge in [-0.25, -0.2) is 14.6 Å². The molecule has 2 aromatic carbocycles. The van der Waals surface area contributed by atoms with Gasteiger partial charge in [0, 0.05) is 19.8 Å². The summed E-state index contributed by atoms with van der Waals surface area (Å²) >= 11 is 0. The lowest BCUT2D eigenvalue weighted by Gasteiger charge is -2.12. The van der Waals surface area contributed by atoms with Gasteiger partial charge in [-0.1, -0.05) is 25.1 Å². The number of hydrogen-bond acceptors (Lipinski definition) is 4. The van der Waals surface area contributed by atoms with Crippen LogP contribution in [0.3, 0.4) is 0 Å². The molecule has 0 saturated heterocycles. The minimum atomic E-state index is 0.807. The number of fused-ring (bicyclic) bond motifs is 2. The molecule has 0 aliphatic rings. The van der Waals surface area contributed by atoms with Crippen molar-refractivity contribution in [2.75, 3.05) is 19.0 Å². The molecule has 0 saturated carbocycles. The molecule has 0 amide bonds. The van der Waals surface area contributed by atoms with E-state index in [9.17, 15) is 0 Å². The van der Waals surface area contributed by atoms with Gasteiger partial charge >= 0.3 is 0 Å². The third kappa shape index (κ3) is 2.29. The summed E-state index contributed by atoms with van der Waals surface area (Å²) in [5, 5.41) is 4.74. The van der Waals surface area contributed by atoms with Gasteiger partial charge < -0.3 is 4.90 Å². The molecule has 2 heterocycles. The molecule has 4 rings (SSSR count). The number of rotatable bonds is 3. The van der Waals surface area contributed by atoms with Crippen molar-refractivity contribution in [3.05, 3.63) is 54.2 Å². The van der Waals surface area contributed by atoms with Gasteiger partial charge in [-0.15, -0.1) is 0 Å². The molecule has 24 heavy (non-hydrogen) atoms. The van der Waals surface area contributed by atoms with E-state index in [0.717, 1.165) is 45.7 Å². The van der Waals surface area contributed by atoms with Crippen LogP contribution >= 0.6 is 0 Å². The number of benzene rings is 2. The van der Waals surface area contributed by atoms with Crippen molar-refractivity contribution in [1.29, 1.82) is 0 Å². The fourth-order valence-electron chi connectivity index (χ4n) is 2.86. The second-order valence-corrected chi connectivity index (χ2v) is 6.01. The Morgan fingerprint density at radius 1 is 0.958 bits per heavy atom. The topological polar surface area (TPSA) is 46.8 Å². The average molecular weight is 317 g/mol. The molecule has 0 fully saturated rings. The normalized spacial score (nSPS) is 11.3. The molecule has 0 bridgehead atoms. The van der Waals surface area contributed by atoms with Crippen molar-refractivity contribution in [2.45, 2.75) is 13.3 Å². The van der Waals surface area contributed by atoms with Crippen LogP contribution in [-0.2, 0) is 6.42 Å². The van der Waals surface area contributed by atoms with Crippen molar-refractivity contribution < 1.29 is 0 Å².